The fourth-order valence-electron chi connectivity index (χ4n) is 1.16. The monoisotopic (exact) mass is 138 g/mol. The molecule has 1 heterocycles. The lowest BCUT2D eigenvalue weighted by atomic mass is 10.2. The number of hydrogen-bond acceptors (Lipinski definition) is 1. The highest BCUT2D eigenvalue weighted by atomic mass is 16.3. The van der Waals surface area contributed by atoms with E-state index in [9.17, 15) is 0 Å². The normalized spacial score (nSPS) is 10.3. The Balaban J connectivity index is 2.81. The molecule has 10 heavy (non-hydrogen) atoms. The van der Waals surface area contributed by atoms with Crippen LogP contribution in [-0.4, -0.2) is 0 Å². The van der Waals surface area contributed by atoms with Crippen LogP contribution >= 0.6 is 0 Å². The van der Waals surface area contributed by atoms with Gasteiger partial charge in [0, 0.05) is 6.42 Å². The van der Waals surface area contributed by atoms with Crippen LogP contribution in [0.4, 0.5) is 0 Å². The lowest BCUT2D eigenvalue weighted by molar-refractivity contribution is 0.478. The molecule has 0 aromatic carbocycles. The second kappa shape index (κ2) is 2.91. The molecule has 0 N–H and O–H groups in total. The van der Waals surface area contributed by atoms with E-state index < -0.39 is 0 Å². The summed E-state index contributed by atoms with van der Waals surface area (Å²) >= 11 is 0. The van der Waals surface area contributed by atoms with Crippen LogP contribution < -0.4 is 0 Å². The maximum absolute atomic E-state index is 5.45. The zero-order chi connectivity index (χ0) is 7.56. The van der Waals surface area contributed by atoms with E-state index in [2.05, 4.69) is 19.9 Å². The number of rotatable bonds is 2. The molecule has 0 aliphatic rings. The summed E-state index contributed by atoms with van der Waals surface area (Å²) in [4.78, 5) is 0. The number of furan rings is 1. The van der Waals surface area contributed by atoms with Crippen LogP contribution in [0.15, 0.2) is 10.5 Å². The van der Waals surface area contributed by atoms with E-state index in [1.165, 1.54) is 5.56 Å². The molecule has 0 spiro atoms. The van der Waals surface area contributed by atoms with Crippen molar-refractivity contribution in [1.29, 1.82) is 0 Å². The fourth-order valence-corrected chi connectivity index (χ4v) is 1.16. The minimum atomic E-state index is 1.03. The number of hydrogen-bond donors (Lipinski definition) is 0. The summed E-state index contributed by atoms with van der Waals surface area (Å²) in [5, 5.41) is 0. The molecule has 0 saturated heterocycles. The highest BCUT2D eigenvalue weighted by Crippen LogP contribution is 2.14. The van der Waals surface area contributed by atoms with Gasteiger partial charge >= 0.3 is 0 Å². The summed E-state index contributed by atoms with van der Waals surface area (Å²) in [7, 11) is 0. The van der Waals surface area contributed by atoms with Gasteiger partial charge in [0.05, 0.1) is 0 Å². The van der Waals surface area contributed by atoms with Gasteiger partial charge < -0.3 is 4.42 Å². The van der Waals surface area contributed by atoms with E-state index in [1.54, 1.807) is 0 Å². The molecule has 0 amide bonds. The molecule has 56 valence electrons. The first-order chi connectivity index (χ1) is 4.74. The Morgan fingerprint density at radius 2 is 2.10 bits per heavy atom. The summed E-state index contributed by atoms with van der Waals surface area (Å²) in [5.41, 5.74) is 1.29. The van der Waals surface area contributed by atoms with E-state index in [0.717, 1.165) is 24.4 Å². The third kappa shape index (κ3) is 1.41. The summed E-state index contributed by atoms with van der Waals surface area (Å²) < 4.78 is 5.45. The smallest absolute Gasteiger partial charge is 0.107 e. The first kappa shape index (κ1) is 7.39. The van der Waals surface area contributed by atoms with Crippen LogP contribution in [0, 0.1) is 13.8 Å². The molecule has 1 nitrogen and oxygen atoms in total. The van der Waals surface area contributed by atoms with Gasteiger partial charge in [-0.05, 0) is 31.9 Å². The fraction of sp³-hybridized carbons (Fsp3) is 0.556. The summed E-state index contributed by atoms with van der Waals surface area (Å²) in [5.74, 6) is 2.18. The van der Waals surface area contributed by atoms with Crippen molar-refractivity contribution in [3.63, 3.8) is 0 Å². The highest BCUT2D eigenvalue weighted by molar-refractivity contribution is 5.19. The summed E-state index contributed by atoms with van der Waals surface area (Å²) in [6.07, 6.45) is 2.23. The van der Waals surface area contributed by atoms with Crippen LogP contribution in [0.1, 0.15) is 30.4 Å². The third-order valence-electron chi connectivity index (χ3n) is 1.62. The van der Waals surface area contributed by atoms with Crippen molar-refractivity contribution in [3.05, 3.63) is 23.2 Å². The van der Waals surface area contributed by atoms with Crippen molar-refractivity contribution in [2.24, 2.45) is 0 Å². The topological polar surface area (TPSA) is 13.1 Å². The Morgan fingerprint density at radius 3 is 2.50 bits per heavy atom. The zero-order valence-corrected chi connectivity index (χ0v) is 6.90. The molecule has 1 aromatic rings. The first-order valence-electron chi connectivity index (χ1n) is 3.80. The Hall–Kier alpha value is -0.720. The Labute approximate surface area is 62.1 Å². The van der Waals surface area contributed by atoms with E-state index >= 15 is 0 Å². The third-order valence-corrected chi connectivity index (χ3v) is 1.62. The van der Waals surface area contributed by atoms with Crippen LogP contribution in [0.25, 0.3) is 0 Å². The molecule has 0 radical (unpaired) electrons. The minimum Gasteiger partial charge on any atom is -0.466 e. The molecule has 0 bridgehead atoms. The zero-order valence-electron chi connectivity index (χ0n) is 6.90. The second-order valence-corrected chi connectivity index (χ2v) is 2.71. The van der Waals surface area contributed by atoms with Gasteiger partial charge in [-0.15, -0.1) is 0 Å². The van der Waals surface area contributed by atoms with E-state index in [4.69, 9.17) is 4.42 Å². The molecule has 1 heteroatoms. The molecule has 0 aliphatic heterocycles. The van der Waals surface area contributed by atoms with Crippen LogP contribution in [0.5, 0.6) is 0 Å². The molecular formula is C9H14O. The molecule has 1 rings (SSSR count). The molecule has 0 atom stereocenters. The average molecular weight is 138 g/mol. The lowest BCUT2D eigenvalue weighted by Crippen LogP contribution is -1.80. The van der Waals surface area contributed by atoms with Crippen molar-refractivity contribution in [2.45, 2.75) is 33.6 Å². The molecule has 0 unspecified atom stereocenters. The maximum Gasteiger partial charge on any atom is 0.107 e. The van der Waals surface area contributed by atoms with Crippen molar-refractivity contribution in [2.75, 3.05) is 0 Å². The quantitative estimate of drug-likeness (QED) is 0.612. The molecule has 0 aliphatic carbocycles. The van der Waals surface area contributed by atoms with Gasteiger partial charge in [0.25, 0.3) is 0 Å². The Bertz CT molecular complexity index is 211. The SMILES string of the molecule is CCCc1oc(C)cc1C. The predicted molar refractivity (Wildman–Crippen MR) is 42.2 cm³/mol. The van der Waals surface area contributed by atoms with Gasteiger partial charge in [-0.2, -0.15) is 0 Å². The molecule has 0 saturated carbocycles. The molecule has 0 fully saturated rings. The minimum absolute atomic E-state index is 1.03. The Kier molecular flexibility index (Phi) is 2.15. The second-order valence-electron chi connectivity index (χ2n) is 2.71. The molecule has 1 aromatic heterocycles. The van der Waals surface area contributed by atoms with E-state index in [1.807, 2.05) is 6.92 Å². The van der Waals surface area contributed by atoms with Gasteiger partial charge in [-0.25, -0.2) is 0 Å². The van der Waals surface area contributed by atoms with Crippen molar-refractivity contribution in [3.8, 4) is 0 Å². The first-order valence-corrected chi connectivity index (χ1v) is 3.80. The van der Waals surface area contributed by atoms with Crippen molar-refractivity contribution < 1.29 is 4.42 Å². The predicted octanol–water partition coefficient (Wildman–Crippen LogP) is 2.85. The van der Waals surface area contributed by atoms with Crippen LogP contribution in [-0.2, 0) is 6.42 Å². The van der Waals surface area contributed by atoms with Crippen LogP contribution in [0.3, 0.4) is 0 Å². The summed E-state index contributed by atoms with van der Waals surface area (Å²) in [6.45, 7) is 6.25. The van der Waals surface area contributed by atoms with Gasteiger partial charge in [0.15, 0.2) is 0 Å². The van der Waals surface area contributed by atoms with Crippen molar-refractivity contribution in [1.82, 2.24) is 0 Å². The van der Waals surface area contributed by atoms with Crippen molar-refractivity contribution >= 4 is 0 Å². The van der Waals surface area contributed by atoms with E-state index in [-0.39, 0.29) is 0 Å². The van der Waals surface area contributed by atoms with E-state index in [0.29, 0.717) is 0 Å². The average Bonchev–Trinajstić information content (AvgIpc) is 2.13. The molecular weight excluding hydrogens is 124 g/mol. The maximum atomic E-state index is 5.45. The van der Waals surface area contributed by atoms with Crippen LogP contribution in [0.2, 0.25) is 0 Å². The Morgan fingerprint density at radius 1 is 1.40 bits per heavy atom. The van der Waals surface area contributed by atoms with Gasteiger partial charge in [-0.3, -0.25) is 0 Å². The summed E-state index contributed by atoms with van der Waals surface area (Å²) in [6, 6.07) is 2.09. The largest absolute Gasteiger partial charge is 0.466 e. The van der Waals surface area contributed by atoms with Gasteiger partial charge in [-0.1, -0.05) is 6.92 Å². The van der Waals surface area contributed by atoms with Gasteiger partial charge in [0.2, 0.25) is 0 Å². The van der Waals surface area contributed by atoms with Gasteiger partial charge in [0.1, 0.15) is 11.5 Å². The standard InChI is InChI=1S/C9H14O/c1-4-5-9-7(2)6-8(3)10-9/h6H,4-5H2,1-3H3. The lowest BCUT2D eigenvalue weighted by Gasteiger charge is -1.92. The number of aryl methyl sites for hydroxylation is 3. The highest BCUT2D eigenvalue weighted by Gasteiger charge is 2.01.